The molecule has 0 aromatic heterocycles. The summed E-state index contributed by atoms with van der Waals surface area (Å²) in [6.45, 7) is 0. The molecular formula is CH6N4O3. The number of hydrogen-bond donors (Lipinski definition) is 4. The Kier molecular flexibility index (Phi) is 1.95. The molecule has 0 heterocycles. The fraction of sp³-hybridized carbons (Fsp3) is 1.00. The van der Waals surface area contributed by atoms with Crippen LogP contribution in [-0.4, -0.2) is 11.1 Å². The third-order valence-corrected chi connectivity index (χ3v) is 0.426. The van der Waals surface area contributed by atoms with Crippen molar-refractivity contribution in [1.29, 1.82) is 0 Å². The van der Waals surface area contributed by atoms with Crippen LogP contribution in [0, 0.1) is 10.1 Å². The second kappa shape index (κ2) is 2.11. The highest BCUT2D eigenvalue weighted by atomic mass is 16.6. The molecule has 0 fully saturated rings. The summed E-state index contributed by atoms with van der Waals surface area (Å²) in [5, 5.41) is 18.3. The van der Waals surface area contributed by atoms with E-state index in [2.05, 4.69) is 11.5 Å². The van der Waals surface area contributed by atoms with Gasteiger partial charge in [0.15, 0.2) is 5.29 Å². The molecule has 0 spiro atoms. The Labute approximate surface area is 44.4 Å². The van der Waals surface area contributed by atoms with Gasteiger partial charge < -0.3 is 10.3 Å². The van der Waals surface area contributed by atoms with Crippen LogP contribution in [-0.2, 0) is 0 Å². The molecule has 0 saturated carbocycles. The molecule has 0 saturated heterocycles. The van der Waals surface area contributed by atoms with Gasteiger partial charge in [-0.15, -0.1) is 0 Å². The van der Waals surface area contributed by atoms with Crippen LogP contribution in [0.3, 0.4) is 0 Å². The van der Waals surface area contributed by atoms with Crippen molar-refractivity contribution in [3.8, 4) is 0 Å². The molecule has 0 rings (SSSR count). The van der Waals surface area contributed by atoms with Gasteiger partial charge in [0.05, 0.1) is 0 Å². The van der Waals surface area contributed by atoms with E-state index < -0.39 is 11.1 Å². The Morgan fingerprint density at radius 1 is 1.75 bits per heavy atom. The largest absolute Gasteiger partial charge is 0.599 e. The zero-order valence-corrected chi connectivity index (χ0v) is 3.87. The first kappa shape index (κ1) is 7.40. The summed E-state index contributed by atoms with van der Waals surface area (Å²) in [5.41, 5.74) is 8.96. The molecule has 8 heavy (non-hydrogen) atoms. The van der Waals surface area contributed by atoms with Crippen molar-refractivity contribution in [2.75, 3.05) is 0 Å². The third kappa shape index (κ3) is 1.91. The number of nitroso groups, excluding NO2 is 1. The number of nitrogens with one attached hydrogen (secondary N) is 1. The molecule has 0 amide bonds. The SMILES string of the molecule is NC(N)(O)[NH+]([O-])N=O. The minimum absolute atomic E-state index is 1.49. The summed E-state index contributed by atoms with van der Waals surface area (Å²) >= 11 is 0. The molecule has 0 aliphatic rings. The molecule has 0 aliphatic heterocycles. The molecule has 7 heteroatoms. The van der Waals surface area contributed by atoms with E-state index in [0.717, 1.165) is 0 Å². The molecule has 0 aromatic carbocycles. The molecule has 0 bridgehead atoms. The average molecular weight is 122 g/mol. The van der Waals surface area contributed by atoms with Crippen LogP contribution < -0.4 is 16.6 Å². The first-order chi connectivity index (χ1) is 3.48. The monoisotopic (exact) mass is 122 g/mol. The first-order valence-electron chi connectivity index (χ1n) is 1.66. The standard InChI is InChI=1S/CH6N4O3/c2-1(3,6)5(8)4-7/h5-6H,2-3H2. The van der Waals surface area contributed by atoms with Crippen molar-refractivity contribution in [2.24, 2.45) is 16.8 Å². The highest BCUT2D eigenvalue weighted by Crippen LogP contribution is 1.60. The van der Waals surface area contributed by atoms with Crippen LogP contribution in [0.25, 0.3) is 0 Å². The Hall–Kier alpha value is -0.600. The number of quaternary nitrogens is 1. The van der Waals surface area contributed by atoms with Gasteiger partial charge in [0.1, 0.15) is 0 Å². The van der Waals surface area contributed by atoms with Gasteiger partial charge in [0.25, 0.3) is 0 Å². The van der Waals surface area contributed by atoms with E-state index in [1.54, 1.807) is 5.29 Å². The molecule has 7 nitrogen and oxygen atoms in total. The Bertz CT molecular complexity index is 85.8. The number of nitrogens with zero attached hydrogens (tertiary/aromatic N) is 1. The second-order valence-corrected chi connectivity index (χ2v) is 1.22. The van der Waals surface area contributed by atoms with Gasteiger partial charge in [-0.05, 0) is 0 Å². The molecule has 1 atom stereocenters. The number of hydrogen-bond acceptors (Lipinski definition) is 6. The molecule has 48 valence electrons. The van der Waals surface area contributed by atoms with Crippen molar-refractivity contribution in [3.63, 3.8) is 0 Å². The van der Waals surface area contributed by atoms with Crippen molar-refractivity contribution < 1.29 is 10.3 Å². The average Bonchev–Trinajstić information content (AvgIpc) is 1.62. The lowest BCUT2D eigenvalue weighted by molar-refractivity contribution is -0.941. The van der Waals surface area contributed by atoms with E-state index in [0.29, 0.717) is 0 Å². The number of hydroxylamine groups is 1. The molecule has 6 N–H and O–H groups in total. The Morgan fingerprint density at radius 2 is 2.12 bits per heavy atom. The van der Waals surface area contributed by atoms with E-state index in [-0.39, 0.29) is 0 Å². The molecule has 0 aromatic rings. The highest BCUT2D eigenvalue weighted by molar-refractivity contribution is 4.35. The maximum atomic E-state index is 9.85. The zero-order chi connectivity index (χ0) is 6.78. The lowest BCUT2D eigenvalue weighted by Crippen LogP contribution is -3.17. The van der Waals surface area contributed by atoms with E-state index in [4.69, 9.17) is 5.11 Å². The van der Waals surface area contributed by atoms with Gasteiger partial charge in [-0.2, -0.15) is 5.17 Å². The Morgan fingerprint density at radius 3 is 2.12 bits per heavy atom. The summed E-state index contributed by atoms with van der Waals surface area (Å²) in [6, 6.07) is 0. The third-order valence-electron chi connectivity index (χ3n) is 0.426. The van der Waals surface area contributed by atoms with E-state index >= 15 is 0 Å². The molecule has 0 aliphatic carbocycles. The van der Waals surface area contributed by atoms with E-state index in [1.807, 2.05) is 0 Å². The van der Waals surface area contributed by atoms with Crippen LogP contribution in [0.4, 0.5) is 0 Å². The maximum absolute atomic E-state index is 9.85. The predicted molar refractivity (Wildman–Crippen MR) is 23.4 cm³/mol. The second-order valence-electron chi connectivity index (χ2n) is 1.22. The normalized spacial score (nSPS) is 15.5. The quantitative estimate of drug-likeness (QED) is 0.172. The van der Waals surface area contributed by atoms with Crippen LogP contribution in [0.5, 0.6) is 0 Å². The van der Waals surface area contributed by atoms with Crippen molar-refractivity contribution in [2.45, 2.75) is 5.97 Å². The zero-order valence-electron chi connectivity index (χ0n) is 3.87. The number of rotatable bonds is 2. The molecular weight excluding hydrogens is 116 g/mol. The fourth-order valence-electron chi connectivity index (χ4n) is 0.0731. The highest BCUT2D eigenvalue weighted by Gasteiger charge is 2.23. The van der Waals surface area contributed by atoms with Crippen LogP contribution >= 0.6 is 0 Å². The summed E-state index contributed by atoms with van der Waals surface area (Å²) in [5.74, 6) is -2.61. The van der Waals surface area contributed by atoms with Gasteiger partial charge in [0.2, 0.25) is 0 Å². The van der Waals surface area contributed by atoms with Crippen molar-refractivity contribution >= 4 is 0 Å². The van der Waals surface area contributed by atoms with E-state index in [9.17, 15) is 10.1 Å². The van der Waals surface area contributed by atoms with Gasteiger partial charge in [0, 0.05) is 0 Å². The van der Waals surface area contributed by atoms with Gasteiger partial charge in [-0.1, -0.05) is 4.91 Å². The lowest BCUT2D eigenvalue weighted by atomic mass is 10.8. The Balaban J connectivity index is 3.80. The summed E-state index contributed by atoms with van der Waals surface area (Å²) in [4.78, 5) is 9.23. The first-order valence-corrected chi connectivity index (χ1v) is 1.66. The van der Waals surface area contributed by atoms with Gasteiger partial charge in [-0.3, -0.25) is 0 Å². The van der Waals surface area contributed by atoms with Crippen molar-refractivity contribution in [3.05, 3.63) is 10.1 Å². The van der Waals surface area contributed by atoms with Crippen molar-refractivity contribution in [1.82, 2.24) is 0 Å². The lowest BCUT2D eigenvalue weighted by Gasteiger charge is -2.21. The summed E-state index contributed by atoms with van der Waals surface area (Å²) in [7, 11) is 0. The smallest absolute Gasteiger partial charge is 0.346 e. The van der Waals surface area contributed by atoms with Crippen LogP contribution in [0.15, 0.2) is 5.29 Å². The number of nitrogens with two attached hydrogens (primary N) is 2. The summed E-state index contributed by atoms with van der Waals surface area (Å²) in [6.07, 6.45) is 0. The van der Waals surface area contributed by atoms with Gasteiger partial charge >= 0.3 is 5.97 Å². The molecule has 1 unspecified atom stereocenters. The minimum atomic E-state index is -2.61. The topological polar surface area (TPSA) is 129 Å². The van der Waals surface area contributed by atoms with Crippen LogP contribution in [0.2, 0.25) is 0 Å². The number of aliphatic hydroxyl groups is 1. The minimum Gasteiger partial charge on any atom is -0.599 e. The van der Waals surface area contributed by atoms with Gasteiger partial charge in [-0.25, -0.2) is 11.5 Å². The predicted octanol–water partition coefficient (Wildman–Crippen LogP) is -3.43. The molecule has 0 radical (unpaired) electrons. The summed E-state index contributed by atoms with van der Waals surface area (Å²) < 4.78 is 0. The van der Waals surface area contributed by atoms with E-state index in [1.165, 1.54) is 0 Å². The van der Waals surface area contributed by atoms with Crippen LogP contribution in [0.1, 0.15) is 0 Å². The fourth-order valence-corrected chi connectivity index (χ4v) is 0.0731. The maximum Gasteiger partial charge on any atom is 0.346 e.